The summed E-state index contributed by atoms with van der Waals surface area (Å²) < 4.78 is 5.58. The van der Waals surface area contributed by atoms with Gasteiger partial charge in [-0.15, -0.1) is 11.8 Å². The molecule has 1 heterocycles. The van der Waals surface area contributed by atoms with Crippen molar-refractivity contribution in [2.45, 2.75) is 37.5 Å². The summed E-state index contributed by atoms with van der Waals surface area (Å²) in [6.07, 6.45) is 5.10. The predicted molar refractivity (Wildman–Crippen MR) is 91.0 cm³/mol. The van der Waals surface area contributed by atoms with Crippen LogP contribution in [0.2, 0.25) is 0 Å². The standard InChI is InChI=1S/C18H25NOS/c1-2-15-20-17-8-10-18(11-9-17)21-16-7-6-14-19-12-4-3-5-13-19/h8-11H,2-5,12-16H2,1H3. The fourth-order valence-corrected chi connectivity index (χ4v) is 2.98. The van der Waals surface area contributed by atoms with Gasteiger partial charge in [0.15, 0.2) is 0 Å². The minimum Gasteiger partial charge on any atom is -0.494 e. The van der Waals surface area contributed by atoms with Gasteiger partial charge < -0.3 is 4.74 Å². The van der Waals surface area contributed by atoms with Crippen molar-refractivity contribution in [3.8, 4) is 17.6 Å². The lowest BCUT2D eigenvalue weighted by Gasteiger charge is -2.23. The van der Waals surface area contributed by atoms with Crippen LogP contribution in [0.25, 0.3) is 0 Å². The lowest BCUT2D eigenvalue weighted by Crippen LogP contribution is -2.29. The van der Waals surface area contributed by atoms with Gasteiger partial charge in [-0.05, 0) is 56.6 Å². The van der Waals surface area contributed by atoms with Crippen LogP contribution in [-0.2, 0) is 0 Å². The number of likely N-dealkylation sites (tertiary alicyclic amines) is 1. The van der Waals surface area contributed by atoms with Crippen molar-refractivity contribution in [3.63, 3.8) is 0 Å². The van der Waals surface area contributed by atoms with E-state index in [1.54, 1.807) is 11.8 Å². The Morgan fingerprint density at radius 3 is 2.57 bits per heavy atom. The molecule has 1 aromatic carbocycles. The van der Waals surface area contributed by atoms with Crippen LogP contribution >= 0.6 is 11.8 Å². The van der Waals surface area contributed by atoms with E-state index in [1.807, 2.05) is 12.1 Å². The van der Waals surface area contributed by atoms with E-state index in [4.69, 9.17) is 4.74 Å². The number of piperidine rings is 1. The van der Waals surface area contributed by atoms with E-state index in [-0.39, 0.29) is 0 Å². The number of benzene rings is 1. The second kappa shape index (κ2) is 9.76. The van der Waals surface area contributed by atoms with Crippen LogP contribution in [0, 0.1) is 11.8 Å². The minimum atomic E-state index is 0.786. The molecule has 0 saturated carbocycles. The third-order valence-electron chi connectivity index (χ3n) is 3.48. The Morgan fingerprint density at radius 2 is 1.86 bits per heavy atom. The van der Waals surface area contributed by atoms with E-state index >= 15 is 0 Å². The van der Waals surface area contributed by atoms with E-state index < -0.39 is 0 Å². The molecule has 114 valence electrons. The van der Waals surface area contributed by atoms with Gasteiger partial charge in [0.1, 0.15) is 5.75 Å². The number of hydrogen-bond donors (Lipinski definition) is 0. The molecule has 0 spiro atoms. The molecule has 3 heteroatoms. The molecule has 0 aromatic heterocycles. The lowest BCUT2D eigenvalue weighted by molar-refractivity contribution is 0.255. The summed E-state index contributed by atoms with van der Waals surface area (Å²) in [4.78, 5) is 3.72. The SMILES string of the molecule is CCCOc1ccc(SCC#CCN2CCCCC2)cc1. The molecule has 0 radical (unpaired) electrons. The lowest BCUT2D eigenvalue weighted by atomic mass is 10.1. The number of nitrogens with zero attached hydrogens (tertiary/aromatic N) is 1. The van der Waals surface area contributed by atoms with Crippen LogP contribution in [0.3, 0.4) is 0 Å². The average Bonchev–Trinajstić information content (AvgIpc) is 2.55. The third kappa shape index (κ3) is 6.46. The van der Waals surface area contributed by atoms with E-state index in [0.29, 0.717) is 0 Å². The zero-order valence-corrected chi connectivity index (χ0v) is 13.8. The Hall–Kier alpha value is -1.11. The van der Waals surface area contributed by atoms with E-state index in [9.17, 15) is 0 Å². The fourth-order valence-electron chi connectivity index (χ4n) is 2.31. The van der Waals surface area contributed by atoms with Crippen LogP contribution in [0.1, 0.15) is 32.6 Å². The van der Waals surface area contributed by atoms with Crippen LogP contribution in [-0.4, -0.2) is 36.9 Å². The Kier molecular flexibility index (Phi) is 7.56. The molecule has 0 aliphatic carbocycles. The Labute approximate surface area is 133 Å². The second-order valence-electron chi connectivity index (χ2n) is 5.30. The first-order chi connectivity index (χ1) is 10.4. The molecule has 2 nitrogen and oxygen atoms in total. The molecule has 0 N–H and O–H groups in total. The Morgan fingerprint density at radius 1 is 1.10 bits per heavy atom. The van der Waals surface area contributed by atoms with Crippen molar-refractivity contribution < 1.29 is 4.74 Å². The summed E-state index contributed by atoms with van der Waals surface area (Å²) in [5.74, 6) is 8.39. The van der Waals surface area contributed by atoms with Crippen LogP contribution < -0.4 is 4.74 Å². The first-order valence-corrected chi connectivity index (χ1v) is 8.91. The maximum Gasteiger partial charge on any atom is 0.119 e. The van der Waals surface area contributed by atoms with Gasteiger partial charge >= 0.3 is 0 Å². The second-order valence-corrected chi connectivity index (χ2v) is 6.35. The summed E-state index contributed by atoms with van der Waals surface area (Å²) in [5, 5.41) is 0. The van der Waals surface area contributed by atoms with Gasteiger partial charge in [0.25, 0.3) is 0 Å². The molecule has 1 fully saturated rings. The summed E-state index contributed by atoms with van der Waals surface area (Å²) >= 11 is 1.79. The van der Waals surface area contributed by atoms with Gasteiger partial charge in [0.05, 0.1) is 18.9 Å². The molecule has 0 atom stereocenters. The molecule has 1 aliphatic rings. The van der Waals surface area contributed by atoms with Gasteiger partial charge in [0, 0.05) is 4.90 Å². The minimum absolute atomic E-state index is 0.786. The fraction of sp³-hybridized carbons (Fsp3) is 0.556. The summed E-state index contributed by atoms with van der Waals surface area (Å²) in [6, 6.07) is 8.31. The van der Waals surface area contributed by atoms with Crippen molar-refractivity contribution in [3.05, 3.63) is 24.3 Å². The zero-order valence-electron chi connectivity index (χ0n) is 12.9. The number of thioether (sulfide) groups is 1. The topological polar surface area (TPSA) is 12.5 Å². The smallest absolute Gasteiger partial charge is 0.119 e. The van der Waals surface area contributed by atoms with Crippen molar-refractivity contribution in [1.82, 2.24) is 4.90 Å². The van der Waals surface area contributed by atoms with Gasteiger partial charge in [-0.2, -0.15) is 0 Å². The normalized spacial score (nSPS) is 15.3. The van der Waals surface area contributed by atoms with Gasteiger partial charge in [-0.3, -0.25) is 4.90 Å². The molecular formula is C18H25NOS. The third-order valence-corrected chi connectivity index (χ3v) is 4.38. The molecule has 1 saturated heterocycles. The predicted octanol–water partition coefficient (Wildman–Crippen LogP) is 4.06. The molecule has 21 heavy (non-hydrogen) atoms. The molecule has 2 rings (SSSR count). The summed E-state index contributed by atoms with van der Waals surface area (Å²) in [6.45, 7) is 6.29. The van der Waals surface area contributed by atoms with E-state index in [1.165, 1.54) is 37.2 Å². The highest BCUT2D eigenvalue weighted by atomic mass is 32.2. The average molecular weight is 303 g/mol. The maximum absolute atomic E-state index is 5.58. The zero-order chi connectivity index (χ0) is 14.8. The molecule has 1 aliphatic heterocycles. The molecule has 1 aromatic rings. The molecule has 0 amide bonds. The number of hydrogen-bond acceptors (Lipinski definition) is 3. The van der Waals surface area contributed by atoms with Crippen molar-refractivity contribution in [2.24, 2.45) is 0 Å². The maximum atomic E-state index is 5.58. The van der Waals surface area contributed by atoms with Crippen molar-refractivity contribution in [2.75, 3.05) is 32.0 Å². The largest absolute Gasteiger partial charge is 0.494 e. The number of rotatable bonds is 6. The van der Waals surface area contributed by atoms with Crippen molar-refractivity contribution >= 4 is 11.8 Å². The van der Waals surface area contributed by atoms with Gasteiger partial charge in [-0.1, -0.05) is 25.2 Å². The van der Waals surface area contributed by atoms with Crippen LogP contribution in [0.5, 0.6) is 5.75 Å². The number of ether oxygens (including phenoxy) is 1. The summed E-state index contributed by atoms with van der Waals surface area (Å²) in [5.41, 5.74) is 0. The Balaban J connectivity index is 1.66. The first-order valence-electron chi connectivity index (χ1n) is 7.92. The highest BCUT2D eigenvalue weighted by Gasteiger charge is 2.07. The molecule has 0 unspecified atom stereocenters. The van der Waals surface area contributed by atoms with E-state index in [2.05, 4.69) is 35.8 Å². The van der Waals surface area contributed by atoms with Gasteiger partial charge in [0.2, 0.25) is 0 Å². The molecular weight excluding hydrogens is 278 g/mol. The van der Waals surface area contributed by atoms with Crippen LogP contribution in [0.15, 0.2) is 29.2 Å². The highest BCUT2D eigenvalue weighted by Crippen LogP contribution is 2.21. The Bertz CT molecular complexity index is 454. The van der Waals surface area contributed by atoms with E-state index in [0.717, 1.165) is 31.1 Å². The van der Waals surface area contributed by atoms with Gasteiger partial charge in [-0.25, -0.2) is 0 Å². The summed E-state index contributed by atoms with van der Waals surface area (Å²) in [7, 11) is 0. The molecule has 0 bridgehead atoms. The first kappa shape index (κ1) is 16.3. The van der Waals surface area contributed by atoms with Crippen LogP contribution in [0.4, 0.5) is 0 Å². The highest BCUT2D eigenvalue weighted by molar-refractivity contribution is 7.99. The quantitative estimate of drug-likeness (QED) is 0.581. The monoisotopic (exact) mass is 303 g/mol. The van der Waals surface area contributed by atoms with Crippen molar-refractivity contribution in [1.29, 1.82) is 0 Å².